The van der Waals surface area contributed by atoms with Crippen molar-refractivity contribution in [3.8, 4) is 11.1 Å². The molecule has 3 aromatic rings. The standard InChI is InChI=1S/C21H17Cl2N/c1-13(15-11-10-14(22)12-20(15)23)24-21-18-8-4-2-6-16(18)17-7-3-5-9-19(17)21/h2-13,21,24H,1H3/p+1/t13-/m0/s1. The normalized spacial score (nSPS) is 14.3. The maximum absolute atomic E-state index is 6.41. The van der Waals surface area contributed by atoms with Gasteiger partial charge in [0, 0.05) is 21.7 Å². The zero-order valence-corrected chi connectivity index (χ0v) is 14.9. The van der Waals surface area contributed by atoms with Crippen molar-refractivity contribution in [1.82, 2.24) is 0 Å². The van der Waals surface area contributed by atoms with Crippen molar-refractivity contribution in [1.29, 1.82) is 0 Å². The molecule has 0 radical (unpaired) electrons. The van der Waals surface area contributed by atoms with Crippen LogP contribution in [-0.4, -0.2) is 0 Å². The minimum atomic E-state index is 0.235. The molecule has 0 aliphatic heterocycles. The highest BCUT2D eigenvalue weighted by atomic mass is 35.5. The van der Waals surface area contributed by atoms with E-state index in [1.165, 1.54) is 22.3 Å². The number of benzene rings is 3. The molecule has 0 aromatic heterocycles. The van der Waals surface area contributed by atoms with Gasteiger partial charge in [-0.2, -0.15) is 0 Å². The number of hydrogen-bond donors (Lipinski definition) is 1. The summed E-state index contributed by atoms with van der Waals surface area (Å²) in [6.07, 6.45) is 0. The van der Waals surface area contributed by atoms with Crippen LogP contribution in [0.5, 0.6) is 0 Å². The molecule has 4 rings (SSSR count). The van der Waals surface area contributed by atoms with Gasteiger partial charge in [-0.15, -0.1) is 0 Å². The minimum Gasteiger partial charge on any atom is -0.330 e. The molecule has 1 aliphatic carbocycles. The number of nitrogens with two attached hydrogens (primary N) is 1. The maximum atomic E-state index is 6.41. The van der Waals surface area contributed by atoms with E-state index in [0.29, 0.717) is 11.1 Å². The van der Waals surface area contributed by atoms with E-state index in [-0.39, 0.29) is 6.04 Å². The van der Waals surface area contributed by atoms with Crippen molar-refractivity contribution < 1.29 is 5.32 Å². The Morgan fingerprint density at radius 2 is 1.42 bits per heavy atom. The van der Waals surface area contributed by atoms with Gasteiger partial charge >= 0.3 is 0 Å². The molecule has 0 bridgehead atoms. The monoisotopic (exact) mass is 354 g/mol. The van der Waals surface area contributed by atoms with Crippen molar-refractivity contribution in [3.63, 3.8) is 0 Å². The van der Waals surface area contributed by atoms with Crippen molar-refractivity contribution in [2.45, 2.75) is 19.0 Å². The van der Waals surface area contributed by atoms with Crippen LogP contribution in [0, 0.1) is 0 Å². The van der Waals surface area contributed by atoms with Gasteiger partial charge < -0.3 is 5.32 Å². The summed E-state index contributed by atoms with van der Waals surface area (Å²) in [5, 5.41) is 3.79. The minimum absolute atomic E-state index is 0.235. The Labute approximate surface area is 152 Å². The summed E-state index contributed by atoms with van der Waals surface area (Å²) < 4.78 is 0. The Bertz CT molecular complexity index is 858. The Balaban J connectivity index is 1.72. The molecule has 0 unspecified atom stereocenters. The Kier molecular flexibility index (Phi) is 4.09. The van der Waals surface area contributed by atoms with Crippen LogP contribution >= 0.6 is 23.2 Å². The number of quaternary nitrogens is 1. The van der Waals surface area contributed by atoms with Gasteiger partial charge in [0.05, 0.1) is 5.02 Å². The summed E-state index contributed by atoms with van der Waals surface area (Å²) in [5.74, 6) is 0. The molecule has 1 atom stereocenters. The van der Waals surface area contributed by atoms with Gasteiger partial charge in [-0.05, 0) is 30.2 Å². The lowest BCUT2D eigenvalue weighted by Gasteiger charge is -2.19. The van der Waals surface area contributed by atoms with Gasteiger partial charge in [0.15, 0.2) is 0 Å². The quantitative estimate of drug-likeness (QED) is 0.649. The second-order valence-electron chi connectivity index (χ2n) is 6.30. The fraction of sp³-hybridized carbons (Fsp3) is 0.143. The summed E-state index contributed by atoms with van der Waals surface area (Å²) in [6, 6.07) is 23.6. The molecule has 3 aromatic carbocycles. The zero-order valence-electron chi connectivity index (χ0n) is 13.3. The first kappa shape index (κ1) is 15.7. The fourth-order valence-electron chi connectivity index (χ4n) is 3.66. The lowest BCUT2D eigenvalue weighted by Crippen LogP contribution is -2.85. The summed E-state index contributed by atoms with van der Waals surface area (Å²) >= 11 is 12.4. The molecular formula is C21H18Cl2N+. The number of fused-ring (bicyclic) bond motifs is 3. The largest absolute Gasteiger partial charge is 0.330 e. The summed E-state index contributed by atoms with van der Waals surface area (Å²) in [7, 11) is 0. The van der Waals surface area contributed by atoms with Crippen LogP contribution in [0.3, 0.4) is 0 Å². The first-order chi connectivity index (χ1) is 11.6. The molecule has 2 N–H and O–H groups in total. The fourth-order valence-corrected chi connectivity index (χ4v) is 4.25. The van der Waals surface area contributed by atoms with Crippen LogP contribution in [0.25, 0.3) is 11.1 Å². The van der Waals surface area contributed by atoms with Gasteiger partial charge in [0.25, 0.3) is 0 Å². The predicted octanol–water partition coefficient (Wildman–Crippen LogP) is 5.39. The van der Waals surface area contributed by atoms with E-state index in [4.69, 9.17) is 23.2 Å². The number of rotatable bonds is 3. The van der Waals surface area contributed by atoms with Crippen molar-refractivity contribution in [2.75, 3.05) is 0 Å². The van der Waals surface area contributed by atoms with E-state index in [1.54, 1.807) is 0 Å². The molecule has 0 heterocycles. The van der Waals surface area contributed by atoms with Crippen molar-refractivity contribution in [3.05, 3.63) is 93.5 Å². The first-order valence-electron chi connectivity index (χ1n) is 8.13. The third kappa shape index (κ3) is 2.63. The molecule has 24 heavy (non-hydrogen) atoms. The van der Waals surface area contributed by atoms with E-state index >= 15 is 0 Å². The highest BCUT2D eigenvalue weighted by Gasteiger charge is 2.32. The Morgan fingerprint density at radius 3 is 2.00 bits per heavy atom. The van der Waals surface area contributed by atoms with E-state index in [9.17, 15) is 0 Å². The Morgan fingerprint density at radius 1 is 0.833 bits per heavy atom. The highest BCUT2D eigenvalue weighted by Crippen LogP contribution is 2.41. The van der Waals surface area contributed by atoms with Gasteiger partial charge in [-0.25, -0.2) is 0 Å². The second-order valence-corrected chi connectivity index (χ2v) is 7.14. The highest BCUT2D eigenvalue weighted by molar-refractivity contribution is 6.35. The Hall–Kier alpha value is -1.80. The molecule has 0 spiro atoms. The SMILES string of the molecule is C[C@H]([NH2+]C1c2ccccc2-c2ccccc21)c1ccc(Cl)cc1Cl. The average Bonchev–Trinajstić information content (AvgIpc) is 2.89. The molecule has 0 saturated heterocycles. The smallest absolute Gasteiger partial charge is 0.139 e. The molecule has 0 saturated carbocycles. The third-order valence-corrected chi connectivity index (χ3v) is 5.38. The van der Waals surface area contributed by atoms with E-state index < -0.39 is 0 Å². The molecular weight excluding hydrogens is 337 g/mol. The van der Waals surface area contributed by atoms with Crippen molar-refractivity contribution in [2.24, 2.45) is 0 Å². The molecule has 120 valence electrons. The van der Waals surface area contributed by atoms with Crippen LogP contribution in [-0.2, 0) is 0 Å². The van der Waals surface area contributed by atoms with Gasteiger partial charge in [0.1, 0.15) is 12.1 Å². The molecule has 0 amide bonds. The van der Waals surface area contributed by atoms with E-state index in [2.05, 4.69) is 60.8 Å². The summed E-state index contributed by atoms with van der Waals surface area (Å²) in [5.41, 5.74) is 6.53. The lowest BCUT2D eigenvalue weighted by atomic mass is 10.0. The molecule has 3 heteroatoms. The second kappa shape index (κ2) is 6.25. The third-order valence-electron chi connectivity index (χ3n) is 4.82. The van der Waals surface area contributed by atoms with Crippen LogP contribution in [0.1, 0.15) is 35.7 Å². The molecule has 1 aliphatic rings. The number of halogens is 2. The first-order valence-corrected chi connectivity index (χ1v) is 8.89. The number of hydrogen-bond acceptors (Lipinski definition) is 0. The van der Waals surface area contributed by atoms with Gasteiger partial charge in [-0.1, -0.05) is 77.8 Å². The average molecular weight is 355 g/mol. The van der Waals surface area contributed by atoms with E-state index in [0.717, 1.165) is 10.6 Å². The van der Waals surface area contributed by atoms with E-state index in [1.807, 2.05) is 18.2 Å². The molecule has 1 nitrogen and oxygen atoms in total. The van der Waals surface area contributed by atoms with Crippen LogP contribution in [0.2, 0.25) is 10.0 Å². The topological polar surface area (TPSA) is 16.6 Å². The zero-order chi connectivity index (χ0) is 16.7. The molecule has 0 fully saturated rings. The summed E-state index contributed by atoms with van der Waals surface area (Å²) in [4.78, 5) is 0. The van der Waals surface area contributed by atoms with Crippen LogP contribution in [0.15, 0.2) is 66.7 Å². The van der Waals surface area contributed by atoms with Gasteiger partial charge in [-0.3, -0.25) is 0 Å². The predicted molar refractivity (Wildman–Crippen MR) is 101 cm³/mol. The summed E-state index contributed by atoms with van der Waals surface area (Å²) in [6.45, 7) is 2.19. The van der Waals surface area contributed by atoms with Gasteiger partial charge in [0.2, 0.25) is 0 Å². The maximum Gasteiger partial charge on any atom is 0.139 e. The van der Waals surface area contributed by atoms with Crippen LogP contribution in [0.4, 0.5) is 0 Å². The van der Waals surface area contributed by atoms with Crippen LogP contribution < -0.4 is 5.32 Å². The van der Waals surface area contributed by atoms with Crippen molar-refractivity contribution >= 4 is 23.2 Å². The lowest BCUT2D eigenvalue weighted by molar-refractivity contribution is -0.722.